The molecule has 186 valence electrons. The van der Waals surface area contributed by atoms with Gasteiger partial charge in [-0.15, -0.1) is 0 Å². The third-order valence-electron chi connectivity index (χ3n) is 5.20. The second kappa shape index (κ2) is 9.72. The summed E-state index contributed by atoms with van der Waals surface area (Å²) in [5.74, 6) is -2.80. The predicted molar refractivity (Wildman–Crippen MR) is 115 cm³/mol. The van der Waals surface area contributed by atoms with Gasteiger partial charge in [0.2, 0.25) is 17.5 Å². The van der Waals surface area contributed by atoms with Crippen LogP contribution in [0.15, 0.2) is 39.5 Å². The smallest absolute Gasteiger partial charge is 0.239 e. The Morgan fingerprint density at radius 3 is 2.18 bits per heavy atom. The number of phenolic OH excluding ortho intramolecular Hbond substituents is 4. The largest absolute Gasteiger partial charge is 0.508 e. The molecule has 2 heterocycles. The molecule has 0 bridgehead atoms. The van der Waals surface area contributed by atoms with Gasteiger partial charge in [-0.1, -0.05) is 0 Å². The first kappa shape index (κ1) is 26.7. The summed E-state index contributed by atoms with van der Waals surface area (Å²) in [6.45, 7) is 1.42. The van der Waals surface area contributed by atoms with Gasteiger partial charge >= 0.3 is 0 Å². The molecule has 1 aliphatic heterocycles. The van der Waals surface area contributed by atoms with Crippen LogP contribution in [-0.4, -0.2) is 77.4 Å². The van der Waals surface area contributed by atoms with Crippen molar-refractivity contribution in [3.63, 3.8) is 0 Å². The zero-order valence-electron chi connectivity index (χ0n) is 17.5. The SMILES string of the molecule is CC1OC(Oc2c(-c3ccc(O)c(O)c3)oc3cc(O)cc(O)c3c2=O)C(O)C(O)C1O.O.O. The van der Waals surface area contributed by atoms with E-state index in [0.29, 0.717) is 0 Å². The van der Waals surface area contributed by atoms with Crippen LogP contribution in [0.4, 0.5) is 0 Å². The van der Waals surface area contributed by atoms with E-state index < -0.39 is 59.1 Å². The van der Waals surface area contributed by atoms with Crippen molar-refractivity contribution in [3.8, 4) is 40.1 Å². The Kier molecular flexibility index (Phi) is 7.62. The van der Waals surface area contributed by atoms with E-state index >= 15 is 0 Å². The van der Waals surface area contributed by atoms with E-state index in [2.05, 4.69) is 0 Å². The van der Waals surface area contributed by atoms with Gasteiger partial charge in [-0.05, 0) is 25.1 Å². The highest BCUT2D eigenvalue weighted by atomic mass is 16.7. The molecule has 5 atom stereocenters. The maximum atomic E-state index is 13.2. The van der Waals surface area contributed by atoms with E-state index in [1.165, 1.54) is 13.0 Å². The molecular weight excluding hydrogens is 460 g/mol. The van der Waals surface area contributed by atoms with E-state index in [0.717, 1.165) is 24.3 Å². The van der Waals surface area contributed by atoms with Crippen molar-refractivity contribution in [2.24, 2.45) is 0 Å². The van der Waals surface area contributed by atoms with Gasteiger partial charge in [-0.2, -0.15) is 0 Å². The van der Waals surface area contributed by atoms with Gasteiger partial charge in [-0.25, -0.2) is 0 Å². The molecule has 1 aliphatic rings. The van der Waals surface area contributed by atoms with Gasteiger partial charge in [0.05, 0.1) is 6.10 Å². The fourth-order valence-corrected chi connectivity index (χ4v) is 3.46. The van der Waals surface area contributed by atoms with Crippen LogP contribution < -0.4 is 10.2 Å². The fraction of sp³-hybridized carbons (Fsp3) is 0.286. The van der Waals surface area contributed by atoms with Gasteiger partial charge < -0.3 is 60.6 Å². The standard InChI is InChI=1S/C21H20O11.2H2O/c1-7-15(26)17(28)18(29)21(30-7)32-20-16(27)14-12(25)5-9(22)6-13(14)31-19(20)8-2-3-10(23)11(24)4-8;;/h2-7,15,17-18,21-26,28-29H,1H3;2*1H2. The number of rotatable bonds is 3. The molecule has 0 spiro atoms. The van der Waals surface area contributed by atoms with Crippen LogP contribution in [0, 0.1) is 0 Å². The molecular formula is C21H24O13. The highest BCUT2D eigenvalue weighted by Crippen LogP contribution is 2.39. The third kappa shape index (κ3) is 4.43. The van der Waals surface area contributed by atoms with E-state index in [9.17, 15) is 40.5 Å². The quantitative estimate of drug-likeness (QED) is 0.218. The molecule has 1 aromatic heterocycles. The zero-order valence-corrected chi connectivity index (χ0v) is 17.5. The topological polar surface area (TPSA) is 253 Å². The lowest BCUT2D eigenvalue weighted by molar-refractivity contribution is -0.268. The third-order valence-corrected chi connectivity index (χ3v) is 5.20. The Morgan fingerprint density at radius 2 is 1.53 bits per heavy atom. The number of hydrogen-bond donors (Lipinski definition) is 7. The summed E-state index contributed by atoms with van der Waals surface area (Å²) in [6.07, 6.45) is -7.35. The van der Waals surface area contributed by atoms with Crippen LogP contribution in [0.5, 0.6) is 28.7 Å². The maximum Gasteiger partial charge on any atom is 0.239 e. The van der Waals surface area contributed by atoms with E-state index in [-0.39, 0.29) is 39.0 Å². The molecule has 0 aliphatic carbocycles. The predicted octanol–water partition coefficient (Wildman–Crippen LogP) is -1.16. The van der Waals surface area contributed by atoms with Crippen LogP contribution in [0.25, 0.3) is 22.3 Å². The Bertz CT molecular complexity index is 1240. The van der Waals surface area contributed by atoms with Gasteiger partial charge in [0, 0.05) is 17.7 Å². The zero-order chi connectivity index (χ0) is 23.3. The van der Waals surface area contributed by atoms with Crippen molar-refractivity contribution < 1.29 is 60.6 Å². The van der Waals surface area contributed by atoms with Crippen molar-refractivity contribution in [3.05, 3.63) is 40.6 Å². The lowest BCUT2D eigenvalue weighted by atomic mass is 10.00. The number of benzene rings is 2. The number of fused-ring (bicyclic) bond motifs is 1. The minimum Gasteiger partial charge on any atom is -0.508 e. The summed E-state index contributed by atoms with van der Waals surface area (Å²) in [6, 6.07) is 5.51. The highest BCUT2D eigenvalue weighted by Gasteiger charge is 2.44. The Balaban J connectivity index is 0.00000204. The summed E-state index contributed by atoms with van der Waals surface area (Å²) >= 11 is 0. The molecule has 1 saturated heterocycles. The number of phenols is 4. The second-order valence-corrected chi connectivity index (χ2v) is 7.43. The van der Waals surface area contributed by atoms with Crippen molar-refractivity contribution in [2.45, 2.75) is 37.6 Å². The van der Waals surface area contributed by atoms with Crippen LogP contribution in [-0.2, 0) is 4.74 Å². The van der Waals surface area contributed by atoms with E-state index in [1.807, 2.05) is 0 Å². The van der Waals surface area contributed by atoms with Crippen LogP contribution in [0.2, 0.25) is 0 Å². The number of hydrogen-bond acceptors (Lipinski definition) is 11. The molecule has 2 aromatic carbocycles. The molecule has 4 rings (SSSR count). The molecule has 0 amide bonds. The first-order valence-corrected chi connectivity index (χ1v) is 9.50. The monoisotopic (exact) mass is 484 g/mol. The lowest BCUT2D eigenvalue weighted by Crippen LogP contribution is -2.58. The molecule has 1 fully saturated rings. The number of aromatic hydroxyl groups is 4. The van der Waals surface area contributed by atoms with Crippen molar-refractivity contribution in [2.75, 3.05) is 0 Å². The lowest BCUT2D eigenvalue weighted by Gasteiger charge is -2.38. The summed E-state index contributed by atoms with van der Waals surface area (Å²) in [5, 5.41) is 69.2. The van der Waals surface area contributed by atoms with Crippen molar-refractivity contribution >= 4 is 11.0 Å². The average molecular weight is 484 g/mol. The molecule has 0 radical (unpaired) electrons. The van der Waals surface area contributed by atoms with Gasteiger partial charge in [0.1, 0.15) is 40.8 Å². The Morgan fingerprint density at radius 1 is 0.853 bits per heavy atom. The molecule has 13 heteroatoms. The van der Waals surface area contributed by atoms with E-state index in [4.69, 9.17) is 13.9 Å². The van der Waals surface area contributed by atoms with Gasteiger partial charge in [-0.3, -0.25) is 4.79 Å². The average Bonchev–Trinajstić information content (AvgIpc) is 2.73. The molecule has 34 heavy (non-hydrogen) atoms. The Hall–Kier alpha value is -3.59. The van der Waals surface area contributed by atoms with Crippen molar-refractivity contribution in [1.29, 1.82) is 0 Å². The van der Waals surface area contributed by atoms with Crippen LogP contribution >= 0.6 is 0 Å². The minimum atomic E-state index is -1.74. The minimum absolute atomic E-state index is 0. The summed E-state index contributed by atoms with van der Waals surface area (Å²) in [7, 11) is 0. The highest BCUT2D eigenvalue weighted by molar-refractivity contribution is 5.88. The van der Waals surface area contributed by atoms with Crippen LogP contribution in [0.1, 0.15) is 6.92 Å². The maximum absolute atomic E-state index is 13.2. The summed E-state index contributed by atoms with van der Waals surface area (Å²) in [5.41, 5.74) is -1.05. The number of ether oxygens (including phenoxy) is 2. The van der Waals surface area contributed by atoms with Gasteiger partial charge in [0.15, 0.2) is 17.3 Å². The van der Waals surface area contributed by atoms with Crippen LogP contribution in [0.3, 0.4) is 0 Å². The molecule has 13 nitrogen and oxygen atoms in total. The summed E-state index contributed by atoms with van der Waals surface area (Å²) in [4.78, 5) is 13.2. The first-order chi connectivity index (χ1) is 15.1. The normalized spacial score (nSPS) is 24.2. The summed E-state index contributed by atoms with van der Waals surface area (Å²) < 4.78 is 16.6. The van der Waals surface area contributed by atoms with Gasteiger partial charge in [0.25, 0.3) is 0 Å². The number of aliphatic hydroxyl groups is 3. The number of aliphatic hydroxyl groups excluding tert-OH is 3. The van der Waals surface area contributed by atoms with E-state index in [1.54, 1.807) is 0 Å². The fourth-order valence-electron chi connectivity index (χ4n) is 3.46. The second-order valence-electron chi connectivity index (χ2n) is 7.43. The molecule has 3 aromatic rings. The Labute approximate surface area is 190 Å². The molecule has 11 N–H and O–H groups in total. The molecule has 5 unspecified atom stereocenters. The van der Waals surface area contributed by atoms with Crippen molar-refractivity contribution in [1.82, 2.24) is 0 Å². The first-order valence-electron chi connectivity index (χ1n) is 9.50. The molecule has 0 saturated carbocycles.